The maximum Gasteiger partial charge on any atom is 0.212 e. The third kappa shape index (κ3) is 1.94. The van der Waals surface area contributed by atoms with Crippen LogP contribution in [-0.2, 0) is 5.41 Å². The molecule has 1 atom stereocenters. The van der Waals surface area contributed by atoms with Gasteiger partial charge in [0.15, 0.2) is 0 Å². The van der Waals surface area contributed by atoms with Crippen molar-refractivity contribution < 1.29 is 4.39 Å². The van der Waals surface area contributed by atoms with Crippen molar-refractivity contribution in [1.29, 1.82) is 0 Å². The number of H-pyrrole nitrogens is 1. The first-order valence-electron chi connectivity index (χ1n) is 6.99. The van der Waals surface area contributed by atoms with Crippen molar-refractivity contribution in [3.05, 3.63) is 60.5 Å². The van der Waals surface area contributed by atoms with Gasteiger partial charge in [-0.15, -0.1) is 0 Å². The fraction of sp³-hybridized carbons (Fsp3) is 0.118. The Morgan fingerprint density at radius 2 is 2.09 bits per heavy atom. The van der Waals surface area contributed by atoms with Gasteiger partial charge in [-0.25, -0.2) is 9.98 Å². The van der Waals surface area contributed by atoms with E-state index in [9.17, 15) is 4.39 Å². The number of hydrogen-bond acceptors (Lipinski definition) is 3. The zero-order valence-corrected chi connectivity index (χ0v) is 11.9. The lowest BCUT2D eigenvalue weighted by atomic mass is 9.87. The van der Waals surface area contributed by atoms with Crippen molar-refractivity contribution in [3.8, 4) is 0 Å². The lowest BCUT2D eigenvalue weighted by Gasteiger charge is -2.19. The van der Waals surface area contributed by atoms with Crippen molar-refractivity contribution in [1.82, 2.24) is 15.0 Å². The molecule has 108 valence electrons. The standard InChI is InChI=1S/C17H13FN4/c1-17(7-2-3-15(18)20-10-17)14-5-4-11-12-9-19-8-6-13(12)21-16(11)22-14/h2-10H,1H3,(H,21,22). The molecule has 0 saturated heterocycles. The lowest BCUT2D eigenvalue weighted by molar-refractivity contribution is 0.628. The largest absolute Gasteiger partial charge is 0.339 e. The summed E-state index contributed by atoms with van der Waals surface area (Å²) in [6.07, 6.45) is 10.1. The van der Waals surface area contributed by atoms with E-state index in [4.69, 9.17) is 4.98 Å². The molecule has 0 radical (unpaired) electrons. The number of hydrogen-bond donors (Lipinski definition) is 1. The van der Waals surface area contributed by atoms with Crippen LogP contribution in [0.5, 0.6) is 0 Å². The summed E-state index contributed by atoms with van der Waals surface area (Å²) < 4.78 is 13.3. The molecule has 4 nitrogen and oxygen atoms in total. The minimum Gasteiger partial charge on any atom is -0.339 e. The number of pyridine rings is 2. The second-order valence-corrected chi connectivity index (χ2v) is 5.53. The summed E-state index contributed by atoms with van der Waals surface area (Å²) in [5, 5.41) is 2.06. The molecule has 0 aliphatic carbocycles. The molecule has 5 heteroatoms. The van der Waals surface area contributed by atoms with Crippen molar-refractivity contribution >= 4 is 28.2 Å². The normalized spacial score (nSPS) is 21.3. The Morgan fingerprint density at radius 1 is 1.18 bits per heavy atom. The Labute approximate surface area is 126 Å². The zero-order valence-electron chi connectivity index (χ0n) is 11.9. The summed E-state index contributed by atoms with van der Waals surface area (Å²) in [6.45, 7) is 1.96. The first kappa shape index (κ1) is 12.9. The highest BCUT2D eigenvalue weighted by molar-refractivity contribution is 6.05. The maximum atomic E-state index is 13.3. The summed E-state index contributed by atoms with van der Waals surface area (Å²) in [4.78, 5) is 16.0. The van der Waals surface area contributed by atoms with E-state index in [2.05, 4.69) is 15.0 Å². The number of nitrogens with zero attached hydrogens (tertiary/aromatic N) is 3. The Balaban J connectivity index is 1.90. The van der Waals surface area contributed by atoms with E-state index in [1.54, 1.807) is 18.5 Å². The third-order valence-electron chi connectivity index (χ3n) is 3.94. The van der Waals surface area contributed by atoms with Gasteiger partial charge in [0.1, 0.15) is 5.65 Å². The number of halogens is 1. The lowest BCUT2D eigenvalue weighted by Crippen LogP contribution is -2.22. The van der Waals surface area contributed by atoms with Gasteiger partial charge in [0.2, 0.25) is 5.95 Å². The van der Waals surface area contributed by atoms with Gasteiger partial charge in [0.25, 0.3) is 0 Å². The van der Waals surface area contributed by atoms with Crippen LogP contribution in [0.25, 0.3) is 21.9 Å². The quantitative estimate of drug-likeness (QED) is 0.693. The molecule has 22 heavy (non-hydrogen) atoms. The monoisotopic (exact) mass is 292 g/mol. The maximum absolute atomic E-state index is 13.3. The molecule has 1 aliphatic heterocycles. The molecule has 0 saturated carbocycles. The van der Waals surface area contributed by atoms with Gasteiger partial charge in [-0.05, 0) is 31.2 Å². The fourth-order valence-corrected chi connectivity index (χ4v) is 2.68. The third-order valence-corrected chi connectivity index (χ3v) is 3.94. The first-order chi connectivity index (χ1) is 10.7. The summed E-state index contributed by atoms with van der Waals surface area (Å²) in [5.74, 6) is -0.502. The number of rotatable bonds is 1. The highest BCUT2D eigenvalue weighted by atomic mass is 19.1. The predicted molar refractivity (Wildman–Crippen MR) is 85.6 cm³/mol. The molecule has 0 bridgehead atoms. The van der Waals surface area contributed by atoms with Gasteiger partial charge in [-0.3, -0.25) is 4.98 Å². The zero-order chi connectivity index (χ0) is 15.2. The molecule has 1 unspecified atom stereocenters. The molecule has 0 fully saturated rings. The molecular weight excluding hydrogens is 279 g/mol. The van der Waals surface area contributed by atoms with Crippen LogP contribution in [0.4, 0.5) is 4.39 Å². The minimum atomic E-state index is -0.548. The van der Waals surface area contributed by atoms with E-state index in [0.717, 1.165) is 27.6 Å². The predicted octanol–water partition coefficient (Wildman–Crippen LogP) is 3.82. The number of aliphatic imine (C=N–C) groups is 1. The average molecular weight is 292 g/mol. The Kier molecular flexibility index (Phi) is 2.69. The van der Waals surface area contributed by atoms with Crippen LogP contribution in [0, 0.1) is 0 Å². The molecule has 4 rings (SSSR count). The smallest absolute Gasteiger partial charge is 0.212 e. The van der Waals surface area contributed by atoms with Gasteiger partial charge in [0.05, 0.1) is 16.6 Å². The number of allylic oxidation sites excluding steroid dienone is 3. The van der Waals surface area contributed by atoms with Crippen LogP contribution >= 0.6 is 0 Å². The molecule has 0 spiro atoms. The van der Waals surface area contributed by atoms with Crippen LogP contribution in [0.15, 0.2) is 59.8 Å². The average Bonchev–Trinajstić information content (AvgIpc) is 2.81. The van der Waals surface area contributed by atoms with E-state index in [1.165, 1.54) is 6.08 Å². The second kappa shape index (κ2) is 4.59. The Morgan fingerprint density at radius 3 is 3.00 bits per heavy atom. The number of aromatic amines is 1. The fourth-order valence-electron chi connectivity index (χ4n) is 2.68. The Bertz CT molecular complexity index is 967. The number of nitrogens with one attached hydrogen (secondary N) is 1. The first-order valence-corrected chi connectivity index (χ1v) is 6.99. The van der Waals surface area contributed by atoms with Crippen LogP contribution < -0.4 is 0 Å². The summed E-state index contributed by atoms with van der Waals surface area (Å²) in [6, 6.07) is 5.88. The van der Waals surface area contributed by atoms with Gasteiger partial charge in [-0.1, -0.05) is 12.2 Å². The Hall–Kier alpha value is -2.82. The van der Waals surface area contributed by atoms with Crippen LogP contribution in [0.1, 0.15) is 12.6 Å². The van der Waals surface area contributed by atoms with Gasteiger partial charge in [0, 0.05) is 29.4 Å². The van der Waals surface area contributed by atoms with Crippen LogP contribution in [0.2, 0.25) is 0 Å². The highest BCUT2D eigenvalue weighted by Gasteiger charge is 2.25. The molecule has 0 amide bonds. The molecule has 3 aromatic heterocycles. The molecule has 1 aliphatic rings. The van der Waals surface area contributed by atoms with Crippen molar-refractivity contribution in [2.45, 2.75) is 12.3 Å². The van der Waals surface area contributed by atoms with E-state index < -0.39 is 11.4 Å². The molecule has 3 aromatic rings. The summed E-state index contributed by atoms with van der Waals surface area (Å²) in [5.41, 5.74) is 2.05. The van der Waals surface area contributed by atoms with Gasteiger partial charge >= 0.3 is 0 Å². The topological polar surface area (TPSA) is 53.9 Å². The van der Waals surface area contributed by atoms with E-state index in [-0.39, 0.29) is 0 Å². The highest BCUT2D eigenvalue weighted by Crippen LogP contribution is 2.29. The number of fused-ring (bicyclic) bond motifs is 3. The SMILES string of the molecule is CC1(c2ccc3c(n2)[nH]c2ccncc23)C=CC=C(F)N=C1. The van der Waals surface area contributed by atoms with Crippen molar-refractivity contribution in [2.75, 3.05) is 0 Å². The molecule has 1 N–H and O–H groups in total. The second-order valence-electron chi connectivity index (χ2n) is 5.53. The number of aromatic nitrogens is 3. The van der Waals surface area contributed by atoms with Crippen LogP contribution in [-0.4, -0.2) is 21.2 Å². The minimum absolute atomic E-state index is 0.502. The molecular formula is C17H13FN4. The van der Waals surface area contributed by atoms with Crippen LogP contribution in [0.3, 0.4) is 0 Å². The summed E-state index contributed by atoms with van der Waals surface area (Å²) in [7, 11) is 0. The van der Waals surface area contributed by atoms with E-state index >= 15 is 0 Å². The molecule has 4 heterocycles. The van der Waals surface area contributed by atoms with Gasteiger partial charge in [-0.2, -0.15) is 4.39 Å². The van der Waals surface area contributed by atoms with E-state index in [1.807, 2.05) is 37.4 Å². The van der Waals surface area contributed by atoms with Crippen molar-refractivity contribution in [3.63, 3.8) is 0 Å². The molecule has 0 aromatic carbocycles. The van der Waals surface area contributed by atoms with Gasteiger partial charge < -0.3 is 4.98 Å². The van der Waals surface area contributed by atoms with E-state index in [0.29, 0.717) is 0 Å². The van der Waals surface area contributed by atoms with Crippen molar-refractivity contribution in [2.24, 2.45) is 4.99 Å². The summed E-state index contributed by atoms with van der Waals surface area (Å²) >= 11 is 0.